The first-order valence-electron chi connectivity index (χ1n) is 13.6. The van der Waals surface area contributed by atoms with Crippen molar-refractivity contribution >= 4 is 28.5 Å². The van der Waals surface area contributed by atoms with E-state index in [1.165, 1.54) is 50.1 Å². The molecule has 0 aromatic heterocycles. The van der Waals surface area contributed by atoms with E-state index >= 15 is 0 Å². The average Bonchev–Trinajstić information content (AvgIpc) is 3.47. The molecule has 0 heterocycles. The number of hydrogen-bond acceptors (Lipinski definition) is 1. The van der Waals surface area contributed by atoms with Gasteiger partial charge < -0.3 is 5.32 Å². The van der Waals surface area contributed by atoms with Crippen molar-refractivity contribution in [2.75, 3.05) is 5.32 Å². The predicted octanol–water partition coefficient (Wildman–Crippen LogP) is 10.2. The van der Waals surface area contributed by atoms with Gasteiger partial charge in [-0.15, -0.1) is 0 Å². The summed E-state index contributed by atoms with van der Waals surface area (Å²) < 4.78 is 0. The van der Waals surface area contributed by atoms with Gasteiger partial charge in [-0.3, -0.25) is 0 Å². The minimum absolute atomic E-state index is 0.343. The molecule has 186 valence electrons. The third-order valence-electron chi connectivity index (χ3n) is 8.59. The Morgan fingerprint density at radius 1 is 0.590 bits per heavy atom. The maximum Gasteiger partial charge on any atom is 0.0726 e. The van der Waals surface area contributed by atoms with Crippen LogP contribution in [-0.4, -0.2) is 0 Å². The van der Waals surface area contributed by atoms with E-state index in [4.69, 9.17) is 11.6 Å². The molecule has 0 amide bonds. The molecular formula is C37H26ClN. The monoisotopic (exact) mass is 519 g/mol. The first-order valence-corrected chi connectivity index (χ1v) is 14.0. The van der Waals surface area contributed by atoms with Crippen LogP contribution in [0.2, 0.25) is 5.02 Å². The van der Waals surface area contributed by atoms with Gasteiger partial charge in [0.15, 0.2) is 0 Å². The molecule has 0 saturated heterocycles. The number of nitrogens with one attached hydrogen (secondary N) is 1. The standard InChI is InChI=1S/C37H26ClN/c38-33-23-25(24-11-2-1-3-12-24)21-22-34(33)39-35-20-10-19-32-36(35)28-15-6-9-18-31(28)37(32)29-16-7-4-13-26(29)27-14-5-8-17-30(27)37/h2,4-23,39H,1,3H2. The lowest BCUT2D eigenvalue weighted by Crippen LogP contribution is -2.25. The van der Waals surface area contributed by atoms with Gasteiger partial charge in [0.25, 0.3) is 0 Å². The summed E-state index contributed by atoms with van der Waals surface area (Å²) in [7, 11) is 0. The molecule has 5 aromatic carbocycles. The van der Waals surface area contributed by atoms with Crippen LogP contribution in [0.25, 0.3) is 27.8 Å². The van der Waals surface area contributed by atoms with Crippen molar-refractivity contribution in [3.8, 4) is 22.3 Å². The highest BCUT2D eigenvalue weighted by Gasteiger charge is 2.51. The lowest BCUT2D eigenvalue weighted by Gasteiger charge is -2.30. The molecule has 0 fully saturated rings. The minimum Gasteiger partial charge on any atom is -0.354 e. The number of rotatable bonds is 3. The normalized spacial score (nSPS) is 15.4. The van der Waals surface area contributed by atoms with Gasteiger partial charge in [0.05, 0.1) is 16.1 Å². The van der Waals surface area contributed by atoms with Crippen molar-refractivity contribution in [3.05, 3.63) is 160 Å². The molecule has 0 radical (unpaired) electrons. The summed E-state index contributed by atoms with van der Waals surface area (Å²) in [6.45, 7) is 0. The summed E-state index contributed by atoms with van der Waals surface area (Å²) in [4.78, 5) is 0. The topological polar surface area (TPSA) is 12.0 Å². The summed E-state index contributed by atoms with van der Waals surface area (Å²) in [5.41, 5.74) is 14.6. The molecule has 1 nitrogen and oxygen atoms in total. The van der Waals surface area contributed by atoms with E-state index in [9.17, 15) is 0 Å². The van der Waals surface area contributed by atoms with Gasteiger partial charge in [0, 0.05) is 11.3 Å². The Balaban J connectivity index is 1.32. The van der Waals surface area contributed by atoms with Gasteiger partial charge in [0.1, 0.15) is 0 Å². The first-order chi connectivity index (χ1) is 19.3. The fraction of sp³-hybridized carbons (Fsp3) is 0.0811. The quantitative estimate of drug-likeness (QED) is 0.245. The Morgan fingerprint density at radius 3 is 1.90 bits per heavy atom. The smallest absolute Gasteiger partial charge is 0.0726 e. The van der Waals surface area contributed by atoms with Crippen LogP contribution in [0, 0.1) is 0 Å². The molecule has 3 aliphatic rings. The van der Waals surface area contributed by atoms with Crippen LogP contribution in [0.3, 0.4) is 0 Å². The van der Waals surface area contributed by atoms with E-state index in [0.717, 1.165) is 34.8 Å². The number of halogens is 1. The Kier molecular flexibility index (Phi) is 4.99. The Bertz CT molecular complexity index is 1810. The lowest BCUT2D eigenvalue weighted by atomic mass is 9.70. The van der Waals surface area contributed by atoms with Gasteiger partial charge in [-0.05, 0) is 81.1 Å². The minimum atomic E-state index is -0.343. The highest BCUT2D eigenvalue weighted by molar-refractivity contribution is 6.33. The van der Waals surface area contributed by atoms with Crippen LogP contribution in [0.1, 0.15) is 40.7 Å². The molecular weight excluding hydrogens is 494 g/mol. The number of anilines is 2. The Morgan fingerprint density at radius 2 is 1.23 bits per heavy atom. The molecule has 1 spiro atoms. The third-order valence-corrected chi connectivity index (χ3v) is 8.90. The zero-order valence-electron chi connectivity index (χ0n) is 21.4. The molecule has 0 bridgehead atoms. The first kappa shape index (κ1) is 22.6. The van der Waals surface area contributed by atoms with E-state index < -0.39 is 0 Å². The zero-order valence-corrected chi connectivity index (χ0v) is 22.2. The van der Waals surface area contributed by atoms with Crippen molar-refractivity contribution in [2.24, 2.45) is 0 Å². The van der Waals surface area contributed by atoms with Crippen LogP contribution in [0.4, 0.5) is 11.4 Å². The number of allylic oxidation sites excluding steroid dienone is 4. The van der Waals surface area contributed by atoms with Gasteiger partial charge in [-0.2, -0.15) is 0 Å². The second-order valence-corrected chi connectivity index (χ2v) is 11.0. The molecule has 8 rings (SSSR count). The van der Waals surface area contributed by atoms with Crippen molar-refractivity contribution < 1.29 is 0 Å². The second-order valence-electron chi connectivity index (χ2n) is 10.6. The van der Waals surface area contributed by atoms with Crippen molar-refractivity contribution in [3.63, 3.8) is 0 Å². The Labute approximate surface area is 234 Å². The molecule has 5 aromatic rings. The second kappa shape index (κ2) is 8.59. The fourth-order valence-corrected chi connectivity index (χ4v) is 7.24. The molecule has 0 unspecified atom stereocenters. The van der Waals surface area contributed by atoms with Crippen LogP contribution >= 0.6 is 11.6 Å². The SMILES string of the molecule is Clc1cc(C2=CCCC=C2)ccc1Nc1cccc2c1-c1ccccc1C21c2ccccc2-c2ccccc21. The highest BCUT2D eigenvalue weighted by atomic mass is 35.5. The lowest BCUT2D eigenvalue weighted by molar-refractivity contribution is 0.794. The highest BCUT2D eigenvalue weighted by Crippen LogP contribution is 2.63. The number of fused-ring (bicyclic) bond motifs is 10. The summed E-state index contributed by atoms with van der Waals surface area (Å²) >= 11 is 6.89. The number of benzene rings is 5. The molecule has 3 aliphatic carbocycles. The maximum atomic E-state index is 6.89. The van der Waals surface area contributed by atoms with Crippen LogP contribution in [0.15, 0.2) is 127 Å². The van der Waals surface area contributed by atoms with Gasteiger partial charge >= 0.3 is 0 Å². The number of hydrogen-bond donors (Lipinski definition) is 1. The van der Waals surface area contributed by atoms with Crippen molar-refractivity contribution in [2.45, 2.75) is 18.3 Å². The fourth-order valence-electron chi connectivity index (χ4n) is 7.02. The van der Waals surface area contributed by atoms with Gasteiger partial charge in [0.2, 0.25) is 0 Å². The van der Waals surface area contributed by atoms with Crippen molar-refractivity contribution in [1.29, 1.82) is 0 Å². The summed E-state index contributed by atoms with van der Waals surface area (Å²) in [6.07, 6.45) is 8.90. The van der Waals surface area contributed by atoms with E-state index in [2.05, 4.69) is 133 Å². The molecule has 0 saturated carbocycles. The van der Waals surface area contributed by atoms with Crippen LogP contribution in [0.5, 0.6) is 0 Å². The van der Waals surface area contributed by atoms with Crippen LogP contribution in [-0.2, 0) is 5.41 Å². The molecule has 0 atom stereocenters. The van der Waals surface area contributed by atoms with E-state index in [1.807, 2.05) is 0 Å². The van der Waals surface area contributed by atoms with E-state index in [-0.39, 0.29) is 5.41 Å². The predicted molar refractivity (Wildman–Crippen MR) is 164 cm³/mol. The largest absolute Gasteiger partial charge is 0.354 e. The zero-order chi connectivity index (χ0) is 26.0. The average molecular weight is 520 g/mol. The summed E-state index contributed by atoms with van der Waals surface area (Å²) in [5.74, 6) is 0. The van der Waals surface area contributed by atoms with Crippen molar-refractivity contribution in [1.82, 2.24) is 0 Å². The molecule has 0 aliphatic heterocycles. The van der Waals surface area contributed by atoms with Gasteiger partial charge in [-0.1, -0.05) is 121 Å². The molecule has 1 N–H and O–H groups in total. The summed E-state index contributed by atoms with van der Waals surface area (Å²) in [5, 5.41) is 4.45. The van der Waals surface area contributed by atoms with Gasteiger partial charge in [-0.25, -0.2) is 0 Å². The molecule has 2 heteroatoms. The van der Waals surface area contributed by atoms with E-state index in [1.54, 1.807) is 0 Å². The third kappa shape index (κ3) is 3.14. The maximum absolute atomic E-state index is 6.89. The summed E-state index contributed by atoms with van der Waals surface area (Å²) in [6, 6.07) is 39.7. The van der Waals surface area contributed by atoms with E-state index in [0.29, 0.717) is 0 Å². The van der Waals surface area contributed by atoms with Crippen LogP contribution < -0.4 is 5.32 Å². The Hall–Kier alpha value is -4.33. The molecule has 39 heavy (non-hydrogen) atoms.